The third kappa shape index (κ3) is 24.3. The average Bonchev–Trinajstić information content (AvgIpc) is 3.04. The van der Waals surface area contributed by atoms with E-state index in [4.69, 9.17) is 4.99 Å². The van der Waals surface area contributed by atoms with Crippen LogP contribution in [0.1, 0.15) is 161 Å². The molecule has 2 aromatic rings. The molecular formula is C41H64N2Ni. The van der Waals surface area contributed by atoms with Crippen molar-refractivity contribution in [3.63, 3.8) is 0 Å². The van der Waals surface area contributed by atoms with Gasteiger partial charge in [-0.2, -0.15) is 0 Å². The molecule has 0 aliphatic rings. The molecule has 0 radical (unpaired) electrons. The van der Waals surface area contributed by atoms with E-state index >= 15 is 0 Å². The molecule has 3 heteroatoms. The summed E-state index contributed by atoms with van der Waals surface area (Å²) in [7, 11) is 0. The van der Waals surface area contributed by atoms with Crippen LogP contribution in [0.4, 0.5) is 11.4 Å². The first-order valence-corrected chi connectivity index (χ1v) is 18.3. The van der Waals surface area contributed by atoms with Gasteiger partial charge in [0, 0.05) is 16.5 Å². The second-order valence-electron chi connectivity index (χ2n) is 12.4. The van der Waals surface area contributed by atoms with Crippen LogP contribution in [0.3, 0.4) is 0 Å². The molecule has 0 spiro atoms. The molecule has 0 unspecified atom stereocenters. The SMILES string of the molecule is CCCCCCCCCCCCCCCCCCCCCCCCCC=CC(C=Nc1ccccc1)=Nc1ccccc1.[Ni]. The summed E-state index contributed by atoms with van der Waals surface area (Å²) >= 11 is 0. The van der Waals surface area contributed by atoms with Crippen LogP contribution in [0.2, 0.25) is 0 Å². The van der Waals surface area contributed by atoms with Gasteiger partial charge in [-0.1, -0.05) is 191 Å². The van der Waals surface area contributed by atoms with Gasteiger partial charge in [-0.05, 0) is 43.2 Å². The van der Waals surface area contributed by atoms with Gasteiger partial charge >= 0.3 is 0 Å². The quantitative estimate of drug-likeness (QED) is 0.0501. The summed E-state index contributed by atoms with van der Waals surface area (Å²) in [5, 5.41) is 0. The van der Waals surface area contributed by atoms with Gasteiger partial charge in [-0.25, -0.2) is 4.99 Å². The van der Waals surface area contributed by atoms with Crippen LogP contribution in [0.5, 0.6) is 0 Å². The van der Waals surface area contributed by atoms with Crippen molar-refractivity contribution in [3.05, 3.63) is 72.8 Å². The van der Waals surface area contributed by atoms with Gasteiger partial charge in [0.15, 0.2) is 0 Å². The molecule has 0 saturated carbocycles. The van der Waals surface area contributed by atoms with Crippen LogP contribution in [0.15, 0.2) is 82.8 Å². The molecule has 0 aliphatic carbocycles. The maximum atomic E-state index is 4.78. The maximum Gasteiger partial charge on any atom is 0.0816 e. The van der Waals surface area contributed by atoms with Crippen LogP contribution < -0.4 is 0 Å². The molecule has 0 heterocycles. The predicted molar refractivity (Wildman–Crippen MR) is 194 cm³/mol. The van der Waals surface area contributed by atoms with E-state index in [1.807, 2.05) is 66.9 Å². The minimum Gasteiger partial charge on any atom is -0.255 e. The molecule has 2 aromatic carbocycles. The molecule has 2 rings (SSSR count). The third-order valence-electron chi connectivity index (χ3n) is 8.38. The molecule has 0 aliphatic heterocycles. The van der Waals surface area contributed by atoms with E-state index in [0.717, 1.165) is 23.5 Å². The summed E-state index contributed by atoms with van der Waals surface area (Å²) in [6.07, 6.45) is 40.3. The smallest absolute Gasteiger partial charge is 0.0816 e. The standard InChI is InChI=1S/C41H64N2.Ni/c1-2-3-4-5-6-7-8-9-10-11-12-13-14-15-16-17-18-19-20-21-22-23-24-25-28-37-41(43-40-35-31-27-32-36-40)38-42-39-33-29-26-30-34-39;/h26-38H,2-25H2,1H3;. The summed E-state index contributed by atoms with van der Waals surface area (Å²) in [5.74, 6) is 0. The van der Waals surface area contributed by atoms with Crippen molar-refractivity contribution >= 4 is 23.3 Å². The van der Waals surface area contributed by atoms with Crippen LogP contribution in [-0.4, -0.2) is 11.9 Å². The number of nitrogens with zero attached hydrogens (tertiary/aromatic N) is 2. The minimum absolute atomic E-state index is 0. The van der Waals surface area contributed by atoms with Crippen molar-refractivity contribution in [3.8, 4) is 0 Å². The van der Waals surface area contributed by atoms with Gasteiger partial charge in [-0.3, -0.25) is 4.99 Å². The fourth-order valence-electron chi connectivity index (χ4n) is 5.67. The molecule has 0 atom stereocenters. The third-order valence-corrected chi connectivity index (χ3v) is 8.38. The van der Waals surface area contributed by atoms with E-state index in [9.17, 15) is 0 Å². The van der Waals surface area contributed by atoms with E-state index < -0.39 is 0 Å². The molecule has 44 heavy (non-hydrogen) atoms. The number of para-hydroxylation sites is 2. The first kappa shape index (κ1) is 40.0. The van der Waals surface area contributed by atoms with Gasteiger partial charge in [0.05, 0.1) is 23.3 Å². The van der Waals surface area contributed by atoms with Gasteiger partial charge in [-0.15, -0.1) is 0 Å². The van der Waals surface area contributed by atoms with Crippen LogP contribution in [0.25, 0.3) is 0 Å². The average molecular weight is 644 g/mol. The van der Waals surface area contributed by atoms with Crippen LogP contribution in [0, 0.1) is 0 Å². The van der Waals surface area contributed by atoms with Crippen molar-refractivity contribution in [2.24, 2.45) is 9.98 Å². The zero-order valence-electron chi connectivity index (χ0n) is 28.2. The summed E-state index contributed by atoms with van der Waals surface area (Å²) < 4.78 is 0. The number of aliphatic imine (C=N–C) groups is 2. The van der Waals surface area contributed by atoms with Gasteiger partial charge in [0.25, 0.3) is 0 Å². The normalized spacial score (nSPS) is 11.9. The van der Waals surface area contributed by atoms with Crippen molar-refractivity contribution in [2.75, 3.05) is 0 Å². The topological polar surface area (TPSA) is 24.7 Å². The molecule has 0 aromatic heterocycles. The molecular weight excluding hydrogens is 579 g/mol. The zero-order valence-corrected chi connectivity index (χ0v) is 29.2. The Kier molecular flexibility index (Phi) is 28.2. The Morgan fingerprint density at radius 3 is 1.25 bits per heavy atom. The molecule has 0 N–H and O–H groups in total. The first-order chi connectivity index (χ1) is 21.4. The second-order valence-corrected chi connectivity index (χ2v) is 12.4. The molecule has 0 fully saturated rings. The van der Waals surface area contributed by atoms with E-state index in [0.29, 0.717) is 0 Å². The van der Waals surface area contributed by atoms with E-state index in [1.165, 1.54) is 148 Å². The van der Waals surface area contributed by atoms with Gasteiger partial charge < -0.3 is 0 Å². The molecule has 2 nitrogen and oxygen atoms in total. The Balaban J connectivity index is 0.00000968. The summed E-state index contributed by atoms with van der Waals surface area (Å²) in [5.41, 5.74) is 2.80. The van der Waals surface area contributed by atoms with E-state index in [2.05, 4.69) is 24.1 Å². The van der Waals surface area contributed by atoms with Crippen molar-refractivity contribution in [1.29, 1.82) is 0 Å². The van der Waals surface area contributed by atoms with Gasteiger partial charge in [0.1, 0.15) is 0 Å². The summed E-state index contributed by atoms with van der Waals surface area (Å²) in [4.78, 5) is 9.39. The summed E-state index contributed by atoms with van der Waals surface area (Å²) in [6, 6.07) is 20.2. The number of allylic oxidation sites excluding steroid dienone is 2. The molecule has 0 saturated heterocycles. The fraction of sp³-hybridized carbons (Fsp3) is 0.610. The zero-order chi connectivity index (χ0) is 30.3. The Labute approximate surface area is 282 Å². The second kappa shape index (κ2) is 31.0. The predicted octanol–water partition coefficient (Wildman–Crippen LogP) is 14.1. The Bertz CT molecular complexity index is 951. The Hall–Kier alpha value is -1.99. The molecule has 248 valence electrons. The first-order valence-electron chi connectivity index (χ1n) is 18.3. The molecule has 0 bridgehead atoms. The fourth-order valence-corrected chi connectivity index (χ4v) is 5.67. The number of benzene rings is 2. The Morgan fingerprint density at radius 1 is 0.477 bits per heavy atom. The van der Waals surface area contributed by atoms with Crippen LogP contribution in [-0.2, 0) is 16.5 Å². The summed E-state index contributed by atoms with van der Waals surface area (Å²) in [6.45, 7) is 2.30. The number of hydrogen-bond acceptors (Lipinski definition) is 2. The van der Waals surface area contributed by atoms with Crippen LogP contribution >= 0.6 is 0 Å². The molecule has 0 amide bonds. The number of unbranched alkanes of at least 4 members (excludes halogenated alkanes) is 23. The number of hydrogen-bond donors (Lipinski definition) is 0. The van der Waals surface area contributed by atoms with Crippen molar-refractivity contribution in [1.82, 2.24) is 0 Å². The Morgan fingerprint density at radius 2 is 0.841 bits per heavy atom. The minimum atomic E-state index is 0. The van der Waals surface area contributed by atoms with E-state index in [-0.39, 0.29) is 16.5 Å². The maximum absolute atomic E-state index is 4.78. The van der Waals surface area contributed by atoms with Crippen molar-refractivity contribution in [2.45, 2.75) is 161 Å². The number of rotatable bonds is 28. The van der Waals surface area contributed by atoms with E-state index in [1.54, 1.807) is 0 Å². The van der Waals surface area contributed by atoms with Crippen molar-refractivity contribution < 1.29 is 16.5 Å². The largest absolute Gasteiger partial charge is 0.255 e. The van der Waals surface area contributed by atoms with Gasteiger partial charge in [0.2, 0.25) is 0 Å². The monoisotopic (exact) mass is 642 g/mol.